The van der Waals surface area contributed by atoms with Crippen molar-refractivity contribution in [1.29, 1.82) is 0 Å². The summed E-state index contributed by atoms with van der Waals surface area (Å²) in [6.07, 6.45) is 1.95. The molecule has 144 valence electrons. The molecule has 25 heavy (non-hydrogen) atoms. The minimum atomic E-state index is -0.0601. The lowest BCUT2D eigenvalue weighted by atomic mass is 10.1. The van der Waals surface area contributed by atoms with Crippen LogP contribution < -0.4 is 10.6 Å². The number of likely N-dealkylation sites (tertiary alicyclic amines) is 1. The summed E-state index contributed by atoms with van der Waals surface area (Å²) < 4.78 is 5.76. The molecule has 0 aromatic heterocycles. The molecule has 0 bridgehead atoms. The van der Waals surface area contributed by atoms with Crippen molar-refractivity contribution >= 4 is 11.9 Å². The van der Waals surface area contributed by atoms with Gasteiger partial charge in [0.1, 0.15) is 0 Å². The molecular formula is C18H35N5O2. The second kappa shape index (κ2) is 9.38. The fraction of sp³-hybridized carbons (Fsp3) is 0.889. The van der Waals surface area contributed by atoms with Gasteiger partial charge in [-0.25, -0.2) is 0 Å². The number of morpholine rings is 1. The Morgan fingerprint density at radius 1 is 1.28 bits per heavy atom. The maximum atomic E-state index is 11.4. The van der Waals surface area contributed by atoms with Crippen molar-refractivity contribution in [3.63, 3.8) is 0 Å². The van der Waals surface area contributed by atoms with Crippen LogP contribution in [0.25, 0.3) is 0 Å². The van der Waals surface area contributed by atoms with Gasteiger partial charge in [0.25, 0.3) is 0 Å². The Balaban J connectivity index is 1.77. The number of rotatable bonds is 5. The first-order valence-corrected chi connectivity index (χ1v) is 9.56. The Labute approximate surface area is 152 Å². The maximum absolute atomic E-state index is 11.4. The summed E-state index contributed by atoms with van der Waals surface area (Å²) in [7, 11) is 0. The molecule has 0 aliphatic carbocycles. The van der Waals surface area contributed by atoms with Crippen LogP contribution in [0.1, 0.15) is 40.5 Å². The van der Waals surface area contributed by atoms with Gasteiger partial charge < -0.3 is 20.3 Å². The van der Waals surface area contributed by atoms with E-state index in [0.29, 0.717) is 6.04 Å². The van der Waals surface area contributed by atoms with E-state index in [9.17, 15) is 4.79 Å². The smallest absolute Gasteiger partial charge is 0.219 e. The van der Waals surface area contributed by atoms with E-state index >= 15 is 0 Å². The van der Waals surface area contributed by atoms with Crippen molar-refractivity contribution in [2.75, 3.05) is 52.4 Å². The van der Waals surface area contributed by atoms with Crippen molar-refractivity contribution in [3.05, 3.63) is 0 Å². The third-order valence-corrected chi connectivity index (χ3v) is 4.82. The second-order valence-electron chi connectivity index (χ2n) is 7.57. The third-order valence-electron chi connectivity index (χ3n) is 4.82. The predicted molar refractivity (Wildman–Crippen MR) is 101 cm³/mol. The summed E-state index contributed by atoms with van der Waals surface area (Å²) in [6, 6.07) is 0.385. The molecule has 0 unspecified atom stereocenters. The number of hydrogen-bond donors (Lipinski definition) is 2. The normalized spacial score (nSPS) is 22.7. The zero-order valence-electron chi connectivity index (χ0n) is 16.3. The SMILES string of the molecule is CCNC(=NCCN1CCOC(C)(C)C1)NC1CCN(C(C)=O)CC1. The number of piperidine rings is 1. The quantitative estimate of drug-likeness (QED) is 0.561. The van der Waals surface area contributed by atoms with E-state index in [1.807, 2.05) is 4.90 Å². The highest BCUT2D eigenvalue weighted by Crippen LogP contribution is 2.15. The molecule has 0 saturated carbocycles. The number of carbonyl (C=O) groups is 1. The molecule has 2 fully saturated rings. The average Bonchev–Trinajstić information content (AvgIpc) is 2.54. The van der Waals surface area contributed by atoms with Crippen LogP contribution >= 0.6 is 0 Å². The van der Waals surface area contributed by atoms with E-state index in [-0.39, 0.29) is 11.5 Å². The second-order valence-corrected chi connectivity index (χ2v) is 7.57. The lowest BCUT2D eigenvalue weighted by molar-refractivity contribution is -0.129. The summed E-state index contributed by atoms with van der Waals surface area (Å²) in [6.45, 7) is 15.0. The van der Waals surface area contributed by atoms with Crippen molar-refractivity contribution in [3.8, 4) is 0 Å². The largest absolute Gasteiger partial charge is 0.373 e. The summed E-state index contributed by atoms with van der Waals surface area (Å²) in [5.74, 6) is 1.06. The van der Waals surface area contributed by atoms with E-state index in [1.165, 1.54) is 0 Å². The van der Waals surface area contributed by atoms with Gasteiger partial charge in [-0.15, -0.1) is 0 Å². The highest BCUT2D eigenvalue weighted by Gasteiger charge is 2.26. The molecule has 2 N–H and O–H groups in total. The van der Waals surface area contributed by atoms with Gasteiger partial charge in [-0.05, 0) is 33.6 Å². The Morgan fingerprint density at radius 2 is 2.00 bits per heavy atom. The summed E-state index contributed by atoms with van der Waals surface area (Å²) >= 11 is 0. The van der Waals surface area contributed by atoms with Crippen molar-refractivity contribution in [1.82, 2.24) is 20.4 Å². The summed E-state index contributed by atoms with van der Waals surface area (Å²) in [4.78, 5) is 20.5. The van der Waals surface area contributed by atoms with Crippen molar-refractivity contribution in [2.24, 2.45) is 4.99 Å². The number of ether oxygens (including phenoxy) is 1. The van der Waals surface area contributed by atoms with Gasteiger partial charge in [0.15, 0.2) is 5.96 Å². The van der Waals surface area contributed by atoms with Crippen LogP contribution in [-0.2, 0) is 9.53 Å². The first-order chi connectivity index (χ1) is 11.9. The van der Waals surface area contributed by atoms with Crippen LogP contribution in [-0.4, -0.2) is 85.7 Å². The van der Waals surface area contributed by atoms with Crippen molar-refractivity contribution < 1.29 is 9.53 Å². The fourth-order valence-electron chi connectivity index (χ4n) is 3.46. The van der Waals surface area contributed by atoms with Gasteiger partial charge in [0.2, 0.25) is 5.91 Å². The molecule has 0 spiro atoms. The Hall–Kier alpha value is -1.34. The van der Waals surface area contributed by atoms with Crippen LogP contribution in [0.5, 0.6) is 0 Å². The van der Waals surface area contributed by atoms with Crippen LogP contribution in [0.3, 0.4) is 0 Å². The van der Waals surface area contributed by atoms with E-state index in [2.05, 4.69) is 36.3 Å². The maximum Gasteiger partial charge on any atom is 0.219 e. The monoisotopic (exact) mass is 353 g/mol. The number of nitrogens with zero attached hydrogens (tertiary/aromatic N) is 3. The Morgan fingerprint density at radius 3 is 2.60 bits per heavy atom. The molecule has 0 aromatic carbocycles. The fourth-order valence-corrected chi connectivity index (χ4v) is 3.46. The molecule has 0 aromatic rings. The van der Waals surface area contributed by atoms with Gasteiger partial charge in [-0.3, -0.25) is 14.7 Å². The molecule has 2 aliphatic rings. The van der Waals surface area contributed by atoms with Gasteiger partial charge in [0, 0.05) is 52.2 Å². The lowest BCUT2D eigenvalue weighted by Gasteiger charge is -2.37. The number of amides is 1. The molecule has 0 radical (unpaired) electrons. The highest BCUT2D eigenvalue weighted by molar-refractivity contribution is 5.80. The zero-order chi connectivity index (χ0) is 18.3. The van der Waals surface area contributed by atoms with E-state index in [4.69, 9.17) is 9.73 Å². The van der Waals surface area contributed by atoms with Gasteiger partial charge in [0.05, 0.1) is 18.8 Å². The first kappa shape index (κ1) is 20.0. The molecule has 2 saturated heterocycles. The molecular weight excluding hydrogens is 318 g/mol. The highest BCUT2D eigenvalue weighted by atomic mass is 16.5. The van der Waals surface area contributed by atoms with Gasteiger partial charge >= 0.3 is 0 Å². The Kier molecular flexibility index (Phi) is 7.50. The molecule has 7 nitrogen and oxygen atoms in total. The molecule has 7 heteroatoms. The summed E-state index contributed by atoms with van der Waals surface area (Å²) in [5, 5.41) is 6.86. The van der Waals surface area contributed by atoms with Gasteiger partial charge in [-0.1, -0.05) is 0 Å². The van der Waals surface area contributed by atoms with Crippen LogP contribution in [0.15, 0.2) is 4.99 Å². The minimum absolute atomic E-state index is 0.0601. The molecule has 0 atom stereocenters. The number of carbonyl (C=O) groups excluding carboxylic acids is 1. The number of hydrogen-bond acceptors (Lipinski definition) is 4. The third kappa shape index (κ3) is 6.82. The molecule has 2 aliphatic heterocycles. The number of guanidine groups is 1. The zero-order valence-corrected chi connectivity index (χ0v) is 16.3. The molecule has 2 heterocycles. The standard InChI is InChI=1S/C18H35N5O2/c1-5-19-17(21-16-6-9-23(10-7-16)15(2)24)20-8-11-22-12-13-25-18(3,4)14-22/h16H,5-14H2,1-4H3,(H2,19,20,21). The van der Waals surface area contributed by atoms with E-state index in [0.717, 1.165) is 71.2 Å². The van der Waals surface area contributed by atoms with Crippen LogP contribution in [0, 0.1) is 0 Å². The van der Waals surface area contributed by atoms with Crippen LogP contribution in [0.2, 0.25) is 0 Å². The topological polar surface area (TPSA) is 69.2 Å². The van der Waals surface area contributed by atoms with Crippen LogP contribution in [0.4, 0.5) is 0 Å². The molecule has 2 rings (SSSR count). The summed E-state index contributed by atoms with van der Waals surface area (Å²) in [5.41, 5.74) is -0.0601. The number of aliphatic imine (C=N–C) groups is 1. The van der Waals surface area contributed by atoms with Crippen molar-refractivity contribution in [2.45, 2.75) is 52.2 Å². The first-order valence-electron chi connectivity index (χ1n) is 9.56. The number of nitrogens with one attached hydrogen (secondary N) is 2. The van der Waals surface area contributed by atoms with E-state index < -0.39 is 0 Å². The average molecular weight is 354 g/mol. The van der Waals surface area contributed by atoms with E-state index in [1.54, 1.807) is 6.92 Å². The molecule has 1 amide bonds. The predicted octanol–water partition coefficient (Wildman–Crippen LogP) is 0.663. The van der Waals surface area contributed by atoms with Gasteiger partial charge in [-0.2, -0.15) is 0 Å². The minimum Gasteiger partial charge on any atom is -0.373 e. The Bertz CT molecular complexity index is 458. The lowest BCUT2D eigenvalue weighted by Crippen LogP contribution is -2.50.